The zero-order valence-electron chi connectivity index (χ0n) is 13.5. The van der Waals surface area contributed by atoms with Crippen LogP contribution in [0.2, 0.25) is 0 Å². The summed E-state index contributed by atoms with van der Waals surface area (Å²) in [5.74, 6) is -0.117. The summed E-state index contributed by atoms with van der Waals surface area (Å²) < 4.78 is 10.5. The quantitative estimate of drug-likeness (QED) is 0.567. The first-order valence-electron chi connectivity index (χ1n) is 7.47. The second-order valence-electron chi connectivity index (χ2n) is 5.49. The Kier molecular flexibility index (Phi) is 5.80. The number of methoxy groups -OCH3 is 1. The summed E-state index contributed by atoms with van der Waals surface area (Å²) in [4.78, 5) is 25.8. The first-order valence-corrected chi connectivity index (χ1v) is 7.85. The molecular formula is C17H20ClNO4. The van der Waals surface area contributed by atoms with E-state index in [1.54, 1.807) is 31.4 Å². The molecule has 0 spiro atoms. The Morgan fingerprint density at radius 3 is 2.35 bits per heavy atom. The van der Waals surface area contributed by atoms with Crippen LogP contribution in [0.15, 0.2) is 29.3 Å². The van der Waals surface area contributed by atoms with E-state index in [1.165, 1.54) is 0 Å². The van der Waals surface area contributed by atoms with E-state index in [0.29, 0.717) is 30.9 Å². The first kappa shape index (κ1) is 17.5. The third-order valence-electron chi connectivity index (χ3n) is 3.36. The van der Waals surface area contributed by atoms with Crippen molar-refractivity contribution >= 4 is 29.0 Å². The van der Waals surface area contributed by atoms with Gasteiger partial charge in [-0.3, -0.25) is 14.5 Å². The summed E-state index contributed by atoms with van der Waals surface area (Å²) in [6.45, 7) is 4.64. The molecule has 0 saturated carbocycles. The zero-order chi connectivity index (χ0) is 17.0. The number of imide groups is 1. The lowest BCUT2D eigenvalue weighted by Gasteiger charge is -2.14. The fourth-order valence-corrected chi connectivity index (χ4v) is 2.63. The molecule has 1 aromatic carbocycles. The van der Waals surface area contributed by atoms with Gasteiger partial charge in [-0.1, -0.05) is 23.7 Å². The summed E-state index contributed by atoms with van der Waals surface area (Å²) in [6, 6.07) is 6.99. The third-order valence-corrected chi connectivity index (χ3v) is 3.71. The number of benzene rings is 1. The summed E-state index contributed by atoms with van der Waals surface area (Å²) in [5, 5.41) is -0.0371. The van der Waals surface area contributed by atoms with Crippen LogP contribution in [-0.4, -0.2) is 43.1 Å². The van der Waals surface area contributed by atoms with Gasteiger partial charge in [-0.05, 0) is 38.0 Å². The molecule has 1 aliphatic heterocycles. The average molecular weight is 338 g/mol. The topological polar surface area (TPSA) is 55.8 Å². The average Bonchev–Trinajstić information content (AvgIpc) is 2.71. The molecular weight excluding hydrogens is 318 g/mol. The van der Waals surface area contributed by atoms with Gasteiger partial charge in [-0.2, -0.15) is 0 Å². The molecule has 0 aromatic heterocycles. The van der Waals surface area contributed by atoms with E-state index in [9.17, 15) is 9.59 Å². The van der Waals surface area contributed by atoms with Gasteiger partial charge in [0.15, 0.2) is 0 Å². The number of rotatable bonds is 7. The fraction of sp³-hybridized carbons (Fsp3) is 0.412. The highest BCUT2D eigenvalue weighted by Gasteiger charge is 2.37. The second kappa shape index (κ2) is 7.62. The van der Waals surface area contributed by atoms with E-state index in [2.05, 4.69) is 0 Å². The predicted octanol–water partition coefficient (Wildman–Crippen LogP) is 2.83. The zero-order valence-corrected chi connectivity index (χ0v) is 14.2. The van der Waals surface area contributed by atoms with Gasteiger partial charge in [-0.25, -0.2) is 0 Å². The Balaban J connectivity index is 2.18. The number of halogens is 1. The maximum absolute atomic E-state index is 12.5. The number of amides is 2. The lowest BCUT2D eigenvalue weighted by molar-refractivity contribution is -0.136. The maximum Gasteiger partial charge on any atom is 0.273 e. The number of nitrogens with zero attached hydrogens (tertiary/aromatic N) is 1. The highest BCUT2D eigenvalue weighted by atomic mass is 35.5. The summed E-state index contributed by atoms with van der Waals surface area (Å²) >= 11 is 6.09. The molecule has 23 heavy (non-hydrogen) atoms. The molecule has 0 aliphatic carbocycles. The molecule has 5 nitrogen and oxygen atoms in total. The van der Waals surface area contributed by atoms with E-state index in [1.807, 2.05) is 13.8 Å². The molecule has 0 atom stereocenters. The fourth-order valence-electron chi connectivity index (χ4n) is 2.34. The minimum Gasteiger partial charge on any atom is -0.491 e. The van der Waals surface area contributed by atoms with E-state index in [4.69, 9.17) is 21.1 Å². The number of ether oxygens (including phenoxy) is 2. The van der Waals surface area contributed by atoms with Gasteiger partial charge in [-0.15, -0.1) is 0 Å². The molecule has 0 N–H and O–H groups in total. The van der Waals surface area contributed by atoms with Crippen molar-refractivity contribution in [2.45, 2.75) is 26.4 Å². The maximum atomic E-state index is 12.5. The smallest absolute Gasteiger partial charge is 0.273 e. The van der Waals surface area contributed by atoms with Crippen molar-refractivity contribution in [3.05, 3.63) is 34.9 Å². The number of carbonyl (C=O) groups is 2. The van der Waals surface area contributed by atoms with Gasteiger partial charge in [0, 0.05) is 20.3 Å². The third kappa shape index (κ3) is 3.92. The minimum absolute atomic E-state index is 0.0371. The molecule has 1 aromatic rings. The van der Waals surface area contributed by atoms with E-state index in [0.717, 1.165) is 4.90 Å². The van der Waals surface area contributed by atoms with Crippen molar-refractivity contribution in [3.8, 4) is 5.75 Å². The van der Waals surface area contributed by atoms with Gasteiger partial charge < -0.3 is 9.47 Å². The molecule has 0 unspecified atom stereocenters. The molecule has 1 heterocycles. The van der Waals surface area contributed by atoms with Crippen molar-refractivity contribution in [1.29, 1.82) is 0 Å². The Labute approximate surface area is 140 Å². The molecule has 2 rings (SSSR count). The van der Waals surface area contributed by atoms with Crippen LogP contribution in [-0.2, 0) is 14.3 Å². The predicted molar refractivity (Wildman–Crippen MR) is 88.2 cm³/mol. The monoisotopic (exact) mass is 337 g/mol. The Morgan fingerprint density at radius 1 is 1.13 bits per heavy atom. The van der Waals surface area contributed by atoms with Crippen LogP contribution in [0.25, 0.3) is 5.57 Å². The normalized spacial score (nSPS) is 15.1. The van der Waals surface area contributed by atoms with Gasteiger partial charge >= 0.3 is 0 Å². The van der Waals surface area contributed by atoms with E-state index >= 15 is 0 Å². The molecule has 2 amide bonds. The van der Waals surface area contributed by atoms with Crippen LogP contribution in [0.5, 0.6) is 5.75 Å². The van der Waals surface area contributed by atoms with E-state index < -0.39 is 5.91 Å². The largest absolute Gasteiger partial charge is 0.491 e. The number of hydrogen-bond acceptors (Lipinski definition) is 4. The Bertz CT molecular complexity index is 622. The van der Waals surface area contributed by atoms with Gasteiger partial charge in [0.05, 0.1) is 11.7 Å². The van der Waals surface area contributed by atoms with Crippen LogP contribution in [0, 0.1) is 0 Å². The number of hydrogen-bond donors (Lipinski definition) is 0. The molecule has 0 bridgehead atoms. The van der Waals surface area contributed by atoms with Crippen molar-refractivity contribution < 1.29 is 19.1 Å². The Hall–Kier alpha value is -1.85. The van der Waals surface area contributed by atoms with Crippen LogP contribution in [0.4, 0.5) is 0 Å². The SMILES string of the molecule is COCCCN1C(=O)C(Cl)=C(c2ccc(OC(C)C)cc2)C1=O. The van der Waals surface area contributed by atoms with Crippen LogP contribution < -0.4 is 4.74 Å². The minimum atomic E-state index is -0.453. The lowest BCUT2D eigenvalue weighted by atomic mass is 10.1. The first-order chi connectivity index (χ1) is 11.0. The molecule has 1 aliphatic rings. The van der Waals surface area contributed by atoms with Crippen LogP contribution >= 0.6 is 11.6 Å². The second-order valence-corrected chi connectivity index (χ2v) is 5.87. The van der Waals surface area contributed by atoms with Crippen molar-refractivity contribution in [1.82, 2.24) is 4.90 Å². The van der Waals surface area contributed by atoms with Gasteiger partial charge in [0.2, 0.25) is 0 Å². The van der Waals surface area contributed by atoms with Crippen molar-refractivity contribution in [2.24, 2.45) is 0 Å². The highest BCUT2D eigenvalue weighted by Crippen LogP contribution is 2.32. The summed E-state index contributed by atoms with van der Waals surface area (Å²) in [7, 11) is 1.57. The Morgan fingerprint density at radius 2 is 1.78 bits per heavy atom. The number of carbonyl (C=O) groups excluding carboxylic acids is 2. The molecule has 124 valence electrons. The molecule has 0 radical (unpaired) electrons. The summed E-state index contributed by atoms with van der Waals surface area (Å²) in [6.07, 6.45) is 0.640. The van der Waals surface area contributed by atoms with E-state index in [-0.39, 0.29) is 22.6 Å². The molecule has 0 saturated heterocycles. The van der Waals surface area contributed by atoms with Gasteiger partial charge in [0.25, 0.3) is 11.8 Å². The molecule has 0 fully saturated rings. The highest BCUT2D eigenvalue weighted by molar-refractivity contribution is 6.55. The molecule has 6 heteroatoms. The van der Waals surface area contributed by atoms with Crippen LogP contribution in [0.3, 0.4) is 0 Å². The summed E-state index contributed by atoms with van der Waals surface area (Å²) in [5.41, 5.74) is 0.851. The van der Waals surface area contributed by atoms with Crippen LogP contribution in [0.1, 0.15) is 25.8 Å². The van der Waals surface area contributed by atoms with Crippen molar-refractivity contribution in [2.75, 3.05) is 20.3 Å². The lowest BCUT2D eigenvalue weighted by Crippen LogP contribution is -2.32. The van der Waals surface area contributed by atoms with Crippen molar-refractivity contribution in [3.63, 3.8) is 0 Å². The standard InChI is InChI=1S/C17H20ClNO4/c1-11(2)23-13-7-5-12(6-8-13)14-15(18)17(21)19(16(14)20)9-4-10-22-3/h5-8,11H,4,9-10H2,1-3H3. The van der Waals surface area contributed by atoms with Gasteiger partial charge in [0.1, 0.15) is 10.8 Å².